The summed E-state index contributed by atoms with van der Waals surface area (Å²) in [5.41, 5.74) is 0. The molecule has 192 valence electrons. The Kier molecular flexibility index (Phi) is 26.1. The molecule has 0 aromatic rings. The third kappa shape index (κ3) is 22.6. The Labute approximate surface area is 200 Å². The molecule has 0 fully saturated rings. The van der Waals surface area contributed by atoms with Crippen LogP contribution < -0.4 is 0 Å². The molecule has 0 atom stereocenters. The molecule has 32 heavy (non-hydrogen) atoms. The average Bonchev–Trinajstić information content (AvgIpc) is 2.79. The largest absolute Gasteiger partial charge is 0.395 e. The summed E-state index contributed by atoms with van der Waals surface area (Å²) in [6.07, 6.45) is 29.2. The van der Waals surface area contributed by atoms with Gasteiger partial charge in [0.2, 0.25) is 5.91 Å². The second-order valence-corrected chi connectivity index (χ2v) is 9.65. The SMILES string of the molecule is CCCCCCCCCCCCCCCCCCCCCCCC(=O)N(CCO)CCO. The van der Waals surface area contributed by atoms with Crippen LogP contribution in [0.15, 0.2) is 0 Å². The number of aliphatic hydroxyl groups excluding tert-OH is 2. The molecular weight excluding hydrogens is 398 g/mol. The highest BCUT2D eigenvalue weighted by atomic mass is 16.3. The Morgan fingerprint density at radius 2 is 0.781 bits per heavy atom. The first-order valence-corrected chi connectivity index (χ1v) is 14.3. The molecule has 1 amide bonds. The van der Waals surface area contributed by atoms with Gasteiger partial charge < -0.3 is 15.1 Å². The van der Waals surface area contributed by atoms with Crippen molar-refractivity contribution in [2.24, 2.45) is 0 Å². The van der Waals surface area contributed by atoms with Gasteiger partial charge in [-0.3, -0.25) is 4.79 Å². The van der Waals surface area contributed by atoms with Gasteiger partial charge in [-0.25, -0.2) is 0 Å². The van der Waals surface area contributed by atoms with Crippen molar-refractivity contribution in [2.75, 3.05) is 26.3 Å². The molecule has 0 saturated carbocycles. The van der Waals surface area contributed by atoms with Crippen LogP contribution in [0.1, 0.15) is 148 Å². The van der Waals surface area contributed by atoms with Crippen LogP contribution in [0, 0.1) is 0 Å². The van der Waals surface area contributed by atoms with Crippen molar-refractivity contribution in [3.8, 4) is 0 Å². The zero-order valence-corrected chi connectivity index (χ0v) is 21.6. The number of hydrogen-bond acceptors (Lipinski definition) is 3. The Morgan fingerprint density at radius 1 is 0.500 bits per heavy atom. The number of amides is 1. The van der Waals surface area contributed by atoms with Crippen molar-refractivity contribution in [3.05, 3.63) is 0 Å². The molecule has 0 aliphatic heterocycles. The van der Waals surface area contributed by atoms with Crippen molar-refractivity contribution < 1.29 is 15.0 Å². The number of carbonyl (C=O) groups excluding carboxylic acids is 1. The summed E-state index contributed by atoms with van der Waals surface area (Å²) >= 11 is 0. The summed E-state index contributed by atoms with van der Waals surface area (Å²) in [6.45, 7) is 2.88. The van der Waals surface area contributed by atoms with E-state index in [2.05, 4.69) is 6.92 Å². The van der Waals surface area contributed by atoms with Crippen LogP contribution in [-0.2, 0) is 4.79 Å². The molecule has 0 heterocycles. The van der Waals surface area contributed by atoms with Gasteiger partial charge in [0.25, 0.3) is 0 Å². The van der Waals surface area contributed by atoms with E-state index < -0.39 is 0 Å². The molecule has 0 aliphatic carbocycles. The van der Waals surface area contributed by atoms with E-state index in [-0.39, 0.29) is 19.1 Å². The Morgan fingerprint density at radius 3 is 1.06 bits per heavy atom. The van der Waals surface area contributed by atoms with Gasteiger partial charge in [0.1, 0.15) is 0 Å². The fourth-order valence-electron chi connectivity index (χ4n) is 4.47. The summed E-state index contributed by atoms with van der Waals surface area (Å²) in [5.74, 6) is 0.0610. The number of hydrogen-bond donors (Lipinski definition) is 2. The topological polar surface area (TPSA) is 60.8 Å². The minimum Gasteiger partial charge on any atom is -0.395 e. The summed E-state index contributed by atoms with van der Waals surface area (Å²) in [6, 6.07) is 0. The first-order chi connectivity index (χ1) is 15.8. The van der Waals surface area contributed by atoms with Crippen LogP contribution in [-0.4, -0.2) is 47.3 Å². The fourth-order valence-corrected chi connectivity index (χ4v) is 4.47. The molecule has 4 nitrogen and oxygen atoms in total. The van der Waals surface area contributed by atoms with Gasteiger partial charge in [-0.15, -0.1) is 0 Å². The summed E-state index contributed by atoms with van der Waals surface area (Å²) in [5, 5.41) is 18.0. The van der Waals surface area contributed by atoms with Crippen molar-refractivity contribution >= 4 is 5.91 Å². The summed E-state index contributed by atoms with van der Waals surface area (Å²) in [4.78, 5) is 13.6. The molecule has 4 heteroatoms. The highest BCUT2D eigenvalue weighted by Gasteiger charge is 2.11. The van der Waals surface area contributed by atoms with Crippen molar-refractivity contribution in [2.45, 2.75) is 148 Å². The van der Waals surface area contributed by atoms with E-state index in [0.717, 1.165) is 12.8 Å². The van der Waals surface area contributed by atoms with Crippen LogP contribution in [0.25, 0.3) is 0 Å². The van der Waals surface area contributed by atoms with Crippen LogP contribution in [0.3, 0.4) is 0 Å². The number of unbranched alkanes of at least 4 members (excludes halogenated alkanes) is 20. The third-order valence-corrected chi connectivity index (χ3v) is 6.59. The smallest absolute Gasteiger partial charge is 0.222 e. The molecule has 0 spiro atoms. The lowest BCUT2D eigenvalue weighted by molar-refractivity contribution is -0.132. The monoisotopic (exact) mass is 455 g/mol. The van der Waals surface area contributed by atoms with E-state index in [1.807, 2.05) is 0 Å². The zero-order chi connectivity index (χ0) is 23.5. The second kappa shape index (κ2) is 26.6. The first-order valence-electron chi connectivity index (χ1n) is 14.3. The van der Waals surface area contributed by atoms with Gasteiger partial charge in [-0.1, -0.05) is 135 Å². The minimum atomic E-state index is -0.0367. The van der Waals surface area contributed by atoms with E-state index in [4.69, 9.17) is 10.2 Å². The number of nitrogens with zero attached hydrogens (tertiary/aromatic N) is 1. The molecule has 0 aliphatic rings. The predicted molar refractivity (Wildman–Crippen MR) is 138 cm³/mol. The van der Waals surface area contributed by atoms with E-state index in [1.165, 1.54) is 122 Å². The van der Waals surface area contributed by atoms with Crippen LogP contribution in [0.4, 0.5) is 0 Å². The van der Waals surface area contributed by atoms with Crippen molar-refractivity contribution in [3.63, 3.8) is 0 Å². The molecule has 0 unspecified atom stereocenters. The molecule has 2 N–H and O–H groups in total. The van der Waals surface area contributed by atoms with Crippen LogP contribution in [0.2, 0.25) is 0 Å². The number of aliphatic hydroxyl groups is 2. The summed E-state index contributed by atoms with van der Waals surface area (Å²) in [7, 11) is 0. The highest BCUT2D eigenvalue weighted by Crippen LogP contribution is 2.15. The van der Waals surface area contributed by atoms with Gasteiger partial charge in [-0.2, -0.15) is 0 Å². The lowest BCUT2D eigenvalue weighted by atomic mass is 10.0. The predicted octanol–water partition coefficient (Wildman–Crippen LogP) is 7.40. The number of carbonyl (C=O) groups is 1. The Balaban J connectivity index is 3.21. The van der Waals surface area contributed by atoms with Crippen molar-refractivity contribution in [1.82, 2.24) is 4.90 Å². The third-order valence-electron chi connectivity index (χ3n) is 6.59. The second-order valence-electron chi connectivity index (χ2n) is 9.65. The maximum absolute atomic E-state index is 12.0. The van der Waals surface area contributed by atoms with E-state index >= 15 is 0 Å². The molecule has 0 bridgehead atoms. The lowest BCUT2D eigenvalue weighted by Crippen LogP contribution is -2.35. The van der Waals surface area contributed by atoms with E-state index in [9.17, 15) is 4.79 Å². The zero-order valence-electron chi connectivity index (χ0n) is 21.6. The molecule has 0 saturated heterocycles. The van der Waals surface area contributed by atoms with Gasteiger partial charge in [0.05, 0.1) is 13.2 Å². The highest BCUT2D eigenvalue weighted by molar-refractivity contribution is 5.76. The van der Waals surface area contributed by atoms with Crippen LogP contribution in [0.5, 0.6) is 0 Å². The molecule has 0 aromatic heterocycles. The molecule has 0 aromatic carbocycles. The molecular formula is C28H57NO3. The fraction of sp³-hybridized carbons (Fsp3) is 0.964. The quantitative estimate of drug-likeness (QED) is 0.134. The van der Waals surface area contributed by atoms with Gasteiger partial charge in [0.15, 0.2) is 0 Å². The maximum Gasteiger partial charge on any atom is 0.222 e. The van der Waals surface area contributed by atoms with E-state index in [1.54, 1.807) is 4.90 Å². The molecule has 0 rings (SSSR count). The molecule has 0 radical (unpaired) electrons. The van der Waals surface area contributed by atoms with Gasteiger partial charge in [0, 0.05) is 19.5 Å². The Bertz CT molecular complexity index is 370. The first kappa shape index (κ1) is 31.4. The average molecular weight is 456 g/mol. The number of rotatable bonds is 26. The maximum atomic E-state index is 12.0. The normalized spacial score (nSPS) is 11.2. The van der Waals surface area contributed by atoms with Gasteiger partial charge in [-0.05, 0) is 6.42 Å². The lowest BCUT2D eigenvalue weighted by Gasteiger charge is -2.20. The van der Waals surface area contributed by atoms with Crippen LogP contribution >= 0.6 is 0 Å². The standard InChI is InChI=1S/C28H57NO3/c1-2-3-4-5-6-7-8-9-10-11-12-13-14-15-16-17-18-19-20-21-22-23-28(32)29(24-26-30)25-27-31/h30-31H,2-27H2,1H3. The van der Waals surface area contributed by atoms with Crippen molar-refractivity contribution in [1.29, 1.82) is 0 Å². The van der Waals surface area contributed by atoms with E-state index in [0.29, 0.717) is 19.5 Å². The minimum absolute atomic E-state index is 0.0367. The van der Waals surface area contributed by atoms with Gasteiger partial charge >= 0.3 is 0 Å². The summed E-state index contributed by atoms with van der Waals surface area (Å²) < 4.78 is 0. The Hall–Kier alpha value is -0.610.